The molecule has 0 aliphatic heterocycles. The fourth-order valence-electron chi connectivity index (χ4n) is 1.81. The molecule has 9 nitrogen and oxygen atoms in total. The number of thioether (sulfide) groups is 1. The molecule has 0 atom stereocenters. The maximum absolute atomic E-state index is 11.7. The molecule has 1 aromatic heterocycles. The zero-order valence-electron chi connectivity index (χ0n) is 15.3. The lowest BCUT2D eigenvalue weighted by atomic mass is 10.2. The summed E-state index contributed by atoms with van der Waals surface area (Å²) < 4.78 is 10.7. The third kappa shape index (κ3) is 7.55. The summed E-state index contributed by atoms with van der Waals surface area (Å²) in [6.07, 6.45) is 2.09. The van der Waals surface area contributed by atoms with Crippen LogP contribution in [-0.2, 0) is 19.1 Å². The van der Waals surface area contributed by atoms with Gasteiger partial charge in [-0.25, -0.2) is 4.79 Å². The van der Waals surface area contributed by atoms with E-state index in [1.165, 1.54) is 17.4 Å². The second-order valence-electron chi connectivity index (χ2n) is 5.46. The maximum Gasteiger partial charge on any atom is 0.344 e. The number of esters is 2. The number of aromatic nitrogens is 2. The van der Waals surface area contributed by atoms with Crippen LogP contribution in [0.1, 0.15) is 30.1 Å². The lowest BCUT2D eigenvalue weighted by molar-refractivity contribution is -0.157. The van der Waals surface area contributed by atoms with E-state index in [2.05, 4.69) is 10.2 Å². The van der Waals surface area contributed by atoms with Crippen LogP contribution < -0.4 is 0 Å². The number of unbranched alkanes of at least 4 members (excludes halogenated alkanes) is 1. The lowest BCUT2D eigenvalue weighted by Crippen LogP contribution is -2.18. The fraction of sp³-hybridized carbons (Fsp3) is 0.353. The summed E-state index contributed by atoms with van der Waals surface area (Å²) in [5.74, 6) is -1.65. The minimum absolute atomic E-state index is 0.0203. The average Bonchev–Trinajstić information content (AvgIpc) is 3.15. The van der Waals surface area contributed by atoms with Crippen molar-refractivity contribution in [2.75, 3.05) is 19.0 Å². The summed E-state index contributed by atoms with van der Waals surface area (Å²) >= 11 is 3.32. The molecule has 0 aliphatic carbocycles. The highest BCUT2D eigenvalue weighted by atomic mass is 32.2. The van der Waals surface area contributed by atoms with Gasteiger partial charge in [-0.15, -0.1) is 10.2 Å². The topological polar surface area (TPSA) is 136 Å². The molecule has 2 rings (SSSR count). The van der Waals surface area contributed by atoms with Crippen LogP contribution in [0.3, 0.4) is 0 Å². The van der Waals surface area contributed by atoms with Gasteiger partial charge in [-0.3, -0.25) is 9.59 Å². The number of hydrogen-bond acceptors (Lipinski definition) is 12. The van der Waals surface area contributed by atoms with Gasteiger partial charge in [0.25, 0.3) is 0 Å². The predicted molar refractivity (Wildman–Crippen MR) is 107 cm³/mol. The van der Waals surface area contributed by atoms with Gasteiger partial charge in [-0.2, -0.15) is 0 Å². The molecule has 0 aliphatic rings. The van der Waals surface area contributed by atoms with Crippen molar-refractivity contribution >= 4 is 53.1 Å². The molecule has 0 saturated heterocycles. The molecule has 2 N–H and O–H groups in total. The molecule has 0 radical (unpaired) electrons. The van der Waals surface area contributed by atoms with Gasteiger partial charge < -0.3 is 19.7 Å². The Hall–Kier alpha value is -2.31. The maximum atomic E-state index is 11.7. The first kappa shape index (κ1) is 23.0. The molecule has 29 heavy (non-hydrogen) atoms. The van der Waals surface area contributed by atoms with E-state index in [9.17, 15) is 24.6 Å². The highest BCUT2D eigenvalue weighted by Gasteiger charge is 2.15. The van der Waals surface area contributed by atoms with Gasteiger partial charge in [0.2, 0.25) is 0 Å². The van der Waals surface area contributed by atoms with Crippen LogP contribution in [0.2, 0.25) is 0 Å². The van der Waals surface area contributed by atoms with Gasteiger partial charge in [-0.05, 0) is 18.6 Å². The van der Waals surface area contributed by atoms with Gasteiger partial charge in [0.05, 0.1) is 22.8 Å². The van der Waals surface area contributed by atoms with E-state index in [1.54, 1.807) is 0 Å². The Morgan fingerprint density at radius 2 is 1.90 bits per heavy atom. The first-order valence-corrected chi connectivity index (χ1v) is 11.0. The van der Waals surface area contributed by atoms with Gasteiger partial charge in [0.15, 0.2) is 21.6 Å². The number of hydrogen-bond donors (Lipinski definition) is 2. The minimum atomic E-state index is -0.588. The molecule has 0 fully saturated rings. The van der Waals surface area contributed by atoms with Crippen molar-refractivity contribution in [3.8, 4) is 11.5 Å². The van der Waals surface area contributed by atoms with Crippen LogP contribution in [0.4, 0.5) is 0 Å². The van der Waals surface area contributed by atoms with E-state index < -0.39 is 18.5 Å². The number of phenols is 2. The van der Waals surface area contributed by atoms with E-state index in [-0.39, 0.29) is 22.8 Å². The lowest BCUT2D eigenvalue weighted by Gasteiger charge is -2.05. The van der Waals surface area contributed by atoms with Crippen LogP contribution in [0.5, 0.6) is 11.5 Å². The first-order chi connectivity index (χ1) is 13.9. The van der Waals surface area contributed by atoms with E-state index in [4.69, 9.17) is 9.47 Å². The molecule has 0 amide bonds. The summed E-state index contributed by atoms with van der Waals surface area (Å²) in [5.41, 5.74) is -0.0203. The number of carbonyl (C=O) groups is 3. The Balaban J connectivity index is 1.80. The van der Waals surface area contributed by atoms with E-state index in [1.807, 2.05) is 6.92 Å². The summed E-state index contributed by atoms with van der Waals surface area (Å²) in [6, 6.07) is 2.42. The van der Waals surface area contributed by atoms with Crippen molar-refractivity contribution in [3.05, 3.63) is 17.7 Å². The number of rotatable bonds is 11. The van der Waals surface area contributed by atoms with E-state index in [0.29, 0.717) is 26.5 Å². The second kappa shape index (κ2) is 11.6. The summed E-state index contributed by atoms with van der Waals surface area (Å²) in [4.78, 5) is 34.1. The Labute approximate surface area is 178 Å². The van der Waals surface area contributed by atoms with Crippen LogP contribution in [-0.4, -0.2) is 57.6 Å². The van der Waals surface area contributed by atoms with Gasteiger partial charge in [0, 0.05) is 0 Å². The number of ether oxygens (including phenoxy) is 2. The average molecular weight is 459 g/mol. The highest BCUT2D eigenvalue weighted by molar-refractivity contribution is 8.03. The fourth-order valence-corrected chi connectivity index (χ4v) is 4.63. The van der Waals surface area contributed by atoms with Gasteiger partial charge in [0.1, 0.15) is 11.5 Å². The SMILES string of the molecule is CCCCOC(=O)COC(=O)CSc1nnc(Sc2cc(O)c(C=O)cc2O)s1. The molecule has 12 heteroatoms. The molecule has 1 aromatic carbocycles. The van der Waals surface area contributed by atoms with Crippen molar-refractivity contribution in [2.45, 2.75) is 33.3 Å². The van der Waals surface area contributed by atoms with Crippen LogP contribution in [0.25, 0.3) is 0 Å². The summed E-state index contributed by atoms with van der Waals surface area (Å²) in [5, 5.41) is 27.5. The monoisotopic (exact) mass is 458 g/mol. The van der Waals surface area contributed by atoms with Crippen LogP contribution >= 0.6 is 34.9 Å². The molecule has 0 bridgehead atoms. The van der Waals surface area contributed by atoms with Crippen molar-refractivity contribution < 1.29 is 34.1 Å². The minimum Gasteiger partial charge on any atom is -0.507 e. The van der Waals surface area contributed by atoms with Crippen LogP contribution in [0.15, 0.2) is 25.7 Å². The molecular formula is C17H18N2O7S3. The summed E-state index contributed by atoms with van der Waals surface area (Å²) in [7, 11) is 0. The Bertz CT molecular complexity index is 873. The van der Waals surface area contributed by atoms with Crippen molar-refractivity contribution in [1.29, 1.82) is 0 Å². The third-order valence-electron chi connectivity index (χ3n) is 3.25. The van der Waals surface area contributed by atoms with E-state index >= 15 is 0 Å². The van der Waals surface area contributed by atoms with Crippen molar-refractivity contribution in [2.24, 2.45) is 0 Å². The molecule has 156 valence electrons. The normalized spacial score (nSPS) is 10.5. The van der Waals surface area contributed by atoms with E-state index in [0.717, 1.165) is 42.4 Å². The van der Waals surface area contributed by atoms with Gasteiger partial charge in [-0.1, -0.05) is 48.2 Å². The number of phenolic OH excluding ortho intramolecular Hbond substituents is 2. The molecule has 0 spiro atoms. The number of aromatic hydroxyl groups is 2. The third-order valence-corrected chi connectivity index (χ3v) is 6.37. The smallest absolute Gasteiger partial charge is 0.344 e. The molecular weight excluding hydrogens is 440 g/mol. The Morgan fingerprint density at radius 1 is 1.14 bits per heavy atom. The largest absolute Gasteiger partial charge is 0.507 e. The number of carbonyl (C=O) groups excluding carboxylic acids is 3. The quantitative estimate of drug-likeness (QED) is 0.169. The highest BCUT2D eigenvalue weighted by Crippen LogP contribution is 2.40. The summed E-state index contributed by atoms with van der Waals surface area (Å²) in [6.45, 7) is 1.84. The number of nitrogens with zero attached hydrogens (tertiary/aromatic N) is 2. The standard InChI is InChI=1S/C17H18N2O7S3/c1-2-3-4-25-14(23)8-26-15(24)9-27-16-18-19-17(29-16)28-13-6-11(21)10(7-20)5-12(13)22/h5-7,21-22H,2-4,8-9H2,1H3. The molecule has 0 unspecified atom stereocenters. The van der Waals surface area contributed by atoms with Crippen molar-refractivity contribution in [3.63, 3.8) is 0 Å². The Morgan fingerprint density at radius 3 is 2.62 bits per heavy atom. The second-order valence-corrected chi connectivity index (χ2v) is 8.94. The number of aldehydes is 1. The number of benzene rings is 1. The zero-order valence-corrected chi connectivity index (χ0v) is 17.8. The Kier molecular flexibility index (Phi) is 9.22. The predicted octanol–water partition coefficient (Wildman–Crippen LogP) is 2.89. The molecule has 0 saturated carbocycles. The molecule has 1 heterocycles. The first-order valence-electron chi connectivity index (χ1n) is 8.39. The molecule has 2 aromatic rings. The van der Waals surface area contributed by atoms with Gasteiger partial charge >= 0.3 is 11.9 Å². The van der Waals surface area contributed by atoms with Crippen molar-refractivity contribution in [1.82, 2.24) is 10.2 Å². The van der Waals surface area contributed by atoms with Crippen LogP contribution in [0, 0.1) is 0 Å². The zero-order chi connectivity index (χ0) is 21.2.